The van der Waals surface area contributed by atoms with Gasteiger partial charge in [-0.05, 0) is 20.0 Å². The number of anilines is 1. The molecule has 2 rings (SSSR count). The quantitative estimate of drug-likeness (QED) is 0.864. The Bertz CT molecular complexity index is 539. The number of aryl methyl sites for hydroxylation is 1. The molecule has 0 radical (unpaired) electrons. The number of halogens is 1. The summed E-state index contributed by atoms with van der Waals surface area (Å²) in [5.74, 6) is -0.314. The Balaban J connectivity index is 2.05. The van der Waals surface area contributed by atoms with Gasteiger partial charge in [-0.2, -0.15) is 0 Å². The van der Waals surface area contributed by atoms with E-state index in [0.29, 0.717) is 12.1 Å². The van der Waals surface area contributed by atoms with Gasteiger partial charge in [0.1, 0.15) is 0 Å². The third-order valence-corrected chi connectivity index (χ3v) is 3.73. The number of rotatable bonds is 4. The molecule has 3 nitrogen and oxygen atoms in total. The lowest BCUT2D eigenvalue weighted by atomic mass is 10.1. The second-order valence-corrected chi connectivity index (χ2v) is 5.29. The molecule has 1 heterocycles. The lowest BCUT2D eigenvalue weighted by Gasteiger charge is -2.16. The first-order valence-electron chi connectivity index (χ1n) is 5.68. The number of nitrogen functional groups attached to an aromatic ring is 1. The van der Waals surface area contributed by atoms with Crippen molar-refractivity contribution in [1.82, 2.24) is 9.88 Å². The molecule has 0 aliphatic carbocycles. The van der Waals surface area contributed by atoms with Crippen molar-refractivity contribution in [1.29, 1.82) is 0 Å². The zero-order valence-corrected chi connectivity index (χ0v) is 11.3. The predicted molar refractivity (Wildman–Crippen MR) is 72.8 cm³/mol. The summed E-state index contributed by atoms with van der Waals surface area (Å²) < 4.78 is 13.8. The molecule has 0 bridgehead atoms. The Morgan fingerprint density at radius 1 is 1.39 bits per heavy atom. The van der Waals surface area contributed by atoms with Crippen LogP contribution in [0.5, 0.6) is 0 Å². The highest BCUT2D eigenvalue weighted by Crippen LogP contribution is 2.19. The van der Waals surface area contributed by atoms with E-state index in [1.54, 1.807) is 29.5 Å². The van der Waals surface area contributed by atoms with Gasteiger partial charge in [-0.1, -0.05) is 12.1 Å². The molecule has 18 heavy (non-hydrogen) atoms. The molecular formula is C13H16FN3S. The molecule has 0 aliphatic heterocycles. The van der Waals surface area contributed by atoms with Gasteiger partial charge in [0.25, 0.3) is 0 Å². The van der Waals surface area contributed by atoms with Crippen LogP contribution in [0.4, 0.5) is 10.1 Å². The SMILES string of the molecule is Cc1ncsc1CN(C)Cc1cccc(N)c1F. The highest BCUT2D eigenvalue weighted by molar-refractivity contribution is 7.09. The predicted octanol–water partition coefficient (Wildman–Crippen LogP) is 2.80. The topological polar surface area (TPSA) is 42.2 Å². The van der Waals surface area contributed by atoms with Crippen LogP contribution in [0, 0.1) is 12.7 Å². The second kappa shape index (κ2) is 5.46. The molecule has 0 unspecified atom stereocenters. The molecule has 0 saturated carbocycles. The van der Waals surface area contributed by atoms with Crippen molar-refractivity contribution < 1.29 is 4.39 Å². The van der Waals surface area contributed by atoms with Crippen LogP contribution in [0.1, 0.15) is 16.1 Å². The van der Waals surface area contributed by atoms with E-state index in [4.69, 9.17) is 5.73 Å². The van der Waals surface area contributed by atoms with E-state index < -0.39 is 0 Å². The Morgan fingerprint density at radius 3 is 2.83 bits per heavy atom. The van der Waals surface area contributed by atoms with E-state index in [2.05, 4.69) is 9.88 Å². The van der Waals surface area contributed by atoms with E-state index >= 15 is 0 Å². The van der Waals surface area contributed by atoms with Crippen LogP contribution in [-0.2, 0) is 13.1 Å². The summed E-state index contributed by atoms with van der Waals surface area (Å²) in [4.78, 5) is 7.47. The Kier molecular flexibility index (Phi) is 3.93. The highest BCUT2D eigenvalue weighted by Gasteiger charge is 2.10. The van der Waals surface area contributed by atoms with Crippen molar-refractivity contribution in [3.8, 4) is 0 Å². The van der Waals surface area contributed by atoms with E-state index in [1.807, 2.05) is 19.5 Å². The minimum atomic E-state index is -0.314. The largest absolute Gasteiger partial charge is 0.396 e. The molecule has 0 amide bonds. The fourth-order valence-electron chi connectivity index (χ4n) is 1.79. The molecule has 2 N–H and O–H groups in total. The first-order chi connectivity index (χ1) is 8.58. The minimum absolute atomic E-state index is 0.204. The van der Waals surface area contributed by atoms with Crippen molar-refractivity contribution in [2.24, 2.45) is 0 Å². The molecule has 0 saturated heterocycles. The van der Waals surface area contributed by atoms with Crippen LogP contribution in [0.2, 0.25) is 0 Å². The monoisotopic (exact) mass is 265 g/mol. The van der Waals surface area contributed by atoms with Crippen LogP contribution < -0.4 is 5.73 Å². The number of benzene rings is 1. The average Bonchev–Trinajstić information content (AvgIpc) is 2.71. The standard InChI is InChI=1S/C13H16FN3S/c1-9-12(18-8-16-9)7-17(2)6-10-4-3-5-11(15)13(10)14/h3-5,8H,6-7,15H2,1-2H3. The van der Waals surface area contributed by atoms with Crippen LogP contribution in [0.3, 0.4) is 0 Å². The second-order valence-electron chi connectivity index (χ2n) is 4.35. The van der Waals surface area contributed by atoms with Crippen molar-refractivity contribution in [2.45, 2.75) is 20.0 Å². The van der Waals surface area contributed by atoms with Crippen molar-refractivity contribution in [3.63, 3.8) is 0 Å². The maximum absolute atomic E-state index is 13.8. The maximum atomic E-state index is 13.8. The smallest absolute Gasteiger partial charge is 0.150 e. The van der Waals surface area contributed by atoms with E-state index in [1.165, 1.54) is 4.88 Å². The lowest BCUT2D eigenvalue weighted by molar-refractivity contribution is 0.316. The van der Waals surface area contributed by atoms with Gasteiger partial charge >= 0.3 is 0 Å². The first-order valence-corrected chi connectivity index (χ1v) is 6.56. The lowest BCUT2D eigenvalue weighted by Crippen LogP contribution is -2.18. The van der Waals surface area contributed by atoms with Crippen LogP contribution in [0.15, 0.2) is 23.7 Å². The van der Waals surface area contributed by atoms with Crippen molar-refractivity contribution in [2.75, 3.05) is 12.8 Å². The Labute approximate surface area is 110 Å². The van der Waals surface area contributed by atoms with Gasteiger partial charge in [-0.15, -0.1) is 11.3 Å². The number of hydrogen-bond donors (Lipinski definition) is 1. The molecule has 96 valence electrons. The van der Waals surface area contributed by atoms with Crippen molar-refractivity contribution in [3.05, 3.63) is 45.7 Å². The summed E-state index contributed by atoms with van der Waals surface area (Å²) in [6, 6.07) is 5.12. The third-order valence-electron chi connectivity index (χ3n) is 2.81. The summed E-state index contributed by atoms with van der Waals surface area (Å²) in [6.07, 6.45) is 0. The molecule has 0 spiro atoms. The van der Waals surface area contributed by atoms with E-state index in [0.717, 1.165) is 12.2 Å². The summed E-state index contributed by atoms with van der Waals surface area (Å²) >= 11 is 1.62. The number of thiazole rings is 1. The maximum Gasteiger partial charge on any atom is 0.150 e. The molecule has 0 aliphatic rings. The van der Waals surface area contributed by atoms with Gasteiger partial charge < -0.3 is 5.73 Å². The van der Waals surface area contributed by atoms with Gasteiger partial charge in [0.05, 0.1) is 16.9 Å². The first kappa shape index (κ1) is 13.0. The summed E-state index contributed by atoms with van der Waals surface area (Å²) in [6.45, 7) is 3.29. The number of aromatic nitrogens is 1. The van der Waals surface area contributed by atoms with Crippen molar-refractivity contribution >= 4 is 17.0 Å². The minimum Gasteiger partial charge on any atom is -0.396 e. The zero-order valence-electron chi connectivity index (χ0n) is 10.5. The molecule has 5 heteroatoms. The van der Waals surface area contributed by atoms with Gasteiger partial charge in [-0.25, -0.2) is 9.37 Å². The van der Waals surface area contributed by atoms with E-state index in [-0.39, 0.29) is 11.5 Å². The molecule has 1 aromatic carbocycles. The van der Waals surface area contributed by atoms with Gasteiger partial charge in [0.15, 0.2) is 5.82 Å². The Morgan fingerprint density at radius 2 is 2.17 bits per heavy atom. The zero-order chi connectivity index (χ0) is 13.1. The fourth-order valence-corrected chi connectivity index (χ4v) is 2.65. The molecule has 0 atom stereocenters. The van der Waals surface area contributed by atoms with Gasteiger partial charge in [0, 0.05) is 23.5 Å². The van der Waals surface area contributed by atoms with Crippen LogP contribution in [0.25, 0.3) is 0 Å². The number of nitrogens with zero attached hydrogens (tertiary/aromatic N) is 2. The van der Waals surface area contributed by atoms with Gasteiger partial charge in [0.2, 0.25) is 0 Å². The van der Waals surface area contributed by atoms with Crippen LogP contribution >= 0.6 is 11.3 Å². The Hall–Kier alpha value is -1.46. The normalized spacial score (nSPS) is 11.1. The average molecular weight is 265 g/mol. The van der Waals surface area contributed by atoms with E-state index in [9.17, 15) is 4.39 Å². The summed E-state index contributed by atoms with van der Waals surface area (Å²) in [7, 11) is 1.96. The molecular weight excluding hydrogens is 249 g/mol. The number of nitrogens with two attached hydrogens (primary N) is 1. The molecule has 0 fully saturated rings. The van der Waals surface area contributed by atoms with Crippen LogP contribution in [-0.4, -0.2) is 16.9 Å². The van der Waals surface area contributed by atoms with Gasteiger partial charge in [-0.3, -0.25) is 4.90 Å². The highest BCUT2D eigenvalue weighted by atomic mass is 32.1. The number of hydrogen-bond acceptors (Lipinski definition) is 4. The third kappa shape index (κ3) is 2.86. The fraction of sp³-hybridized carbons (Fsp3) is 0.308. The molecule has 2 aromatic rings. The summed E-state index contributed by atoms with van der Waals surface area (Å²) in [5.41, 5.74) is 9.26. The molecule has 1 aromatic heterocycles. The summed E-state index contributed by atoms with van der Waals surface area (Å²) in [5, 5.41) is 0.